The fourth-order valence-electron chi connectivity index (χ4n) is 3.91. The smallest absolute Gasteiger partial charge is 0.277 e. The SMILES string of the molecule is CCn1c(-c2nc(C(=O)N3CCc4ccccc43)cs2)cc2ccccc21. The van der Waals surface area contributed by atoms with E-state index in [4.69, 9.17) is 4.98 Å². The van der Waals surface area contributed by atoms with Crippen molar-refractivity contribution >= 4 is 33.8 Å². The highest BCUT2D eigenvalue weighted by atomic mass is 32.1. The Morgan fingerprint density at radius 1 is 1.15 bits per heavy atom. The largest absolute Gasteiger partial charge is 0.339 e. The van der Waals surface area contributed by atoms with E-state index in [9.17, 15) is 4.79 Å². The van der Waals surface area contributed by atoms with Gasteiger partial charge in [0.2, 0.25) is 0 Å². The Bertz CT molecular complexity index is 1160. The van der Waals surface area contributed by atoms with Crippen LogP contribution in [0, 0.1) is 0 Å². The van der Waals surface area contributed by atoms with Gasteiger partial charge >= 0.3 is 0 Å². The molecule has 3 heterocycles. The number of aryl methyl sites for hydroxylation is 1. The van der Waals surface area contributed by atoms with Crippen LogP contribution in [0.5, 0.6) is 0 Å². The quantitative estimate of drug-likeness (QED) is 0.507. The highest BCUT2D eigenvalue weighted by molar-refractivity contribution is 7.13. The highest BCUT2D eigenvalue weighted by Crippen LogP contribution is 2.32. The van der Waals surface area contributed by atoms with Crippen LogP contribution in [0.25, 0.3) is 21.6 Å². The molecule has 4 nitrogen and oxygen atoms in total. The molecule has 134 valence electrons. The first-order valence-corrected chi connectivity index (χ1v) is 10.1. The van der Waals surface area contributed by atoms with Crippen LogP contribution in [0.15, 0.2) is 60.0 Å². The van der Waals surface area contributed by atoms with Crippen molar-refractivity contribution in [1.82, 2.24) is 9.55 Å². The maximum Gasteiger partial charge on any atom is 0.277 e. The molecule has 2 aromatic carbocycles. The van der Waals surface area contributed by atoms with Gasteiger partial charge in [0.15, 0.2) is 0 Å². The van der Waals surface area contributed by atoms with Crippen molar-refractivity contribution in [3.63, 3.8) is 0 Å². The average Bonchev–Trinajstić information content (AvgIpc) is 3.42. The molecule has 0 saturated carbocycles. The lowest BCUT2D eigenvalue weighted by Gasteiger charge is -2.15. The van der Waals surface area contributed by atoms with Crippen molar-refractivity contribution in [2.24, 2.45) is 0 Å². The first-order chi connectivity index (χ1) is 13.3. The van der Waals surface area contributed by atoms with Crippen LogP contribution in [0.2, 0.25) is 0 Å². The van der Waals surface area contributed by atoms with Gasteiger partial charge in [0.1, 0.15) is 10.7 Å². The maximum atomic E-state index is 13.0. The first-order valence-electron chi connectivity index (χ1n) is 9.20. The number of amides is 1. The van der Waals surface area contributed by atoms with E-state index in [1.54, 1.807) is 0 Å². The third-order valence-corrected chi connectivity index (χ3v) is 6.07. The van der Waals surface area contributed by atoms with Crippen molar-refractivity contribution in [2.75, 3.05) is 11.4 Å². The topological polar surface area (TPSA) is 38.1 Å². The Morgan fingerprint density at radius 3 is 2.85 bits per heavy atom. The van der Waals surface area contributed by atoms with E-state index in [1.165, 1.54) is 27.8 Å². The van der Waals surface area contributed by atoms with Crippen LogP contribution in [-0.4, -0.2) is 22.0 Å². The molecule has 1 aliphatic rings. The number of benzene rings is 2. The minimum Gasteiger partial charge on any atom is -0.339 e. The lowest BCUT2D eigenvalue weighted by atomic mass is 10.2. The zero-order valence-corrected chi connectivity index (χ0v) is 15.9. The molecule has 0 saturated heterocycles. The van der Waals surface area contributed by atoms with Gasteiger partial charge in [-0.3, -0.25) is 4.79 Å². The number of carbonyl (C=O) groups excluding carboxylic acids is 1. The molecular weight excluding hydrogens is 354 g/mol. The number of carbonyl (C=O) groups is 1. The van der Waals surface area contributed by atoms with Gasteiger partial charge < -0.3 is 9.47 Å². The number of para-hydroxylation sites is 2. The second-order valence-electron chi connectivity index (χ2n) is 6.71. The normalized spacial score (nSPS) is 13.3. The van der Waals surface area contributed by atoms with Gasteiger partial charge in [-0.2, -0.15) is 0 Å². The van der Waals surface area contributed by atoms with Gasteiger partial charge in [-0.05, 0) is 37.1 Å². The number of fused-ring (bicyclic) bond motifs is 2. The third-order valence-electron chi connectivity index (χ3n) is 5.20. The number of hydrogen-bond acceptors (Lipinski definition) is 3. The fraction of sp³-hybridized carbons (Fsp3) is 0.182. The molecular formula is C22H19N3OS. The first kappa shape index (κ1) is 16.3. The Morgan fingerprint density at radius 2 is 1.96 bits per heavy atom. The van der Waals surface area contributed by atoms with Crippen LogP contribution in [0.1, 0.15) is 23.0 Å². The third kappa shape index (κ3) is 2.58. The molecule has 1 amide bonds. The van der Waals surface area contributed by atoms with Crippen LogP contribution in [-0.2, 0) is 13.0 Å². The number of hydrogen-bond donors (Lipinski definition) is 0. The van der Waals surface area contributed by atoms with Gasteiger partial charge in [0, 0.05) is 35.1 Å². The summed E-state index contributed by atoms with van der Waals surface area (Å²) in [6.45, 7) is 3.72. The molecule has 27 heavy (non-hydrogen) atoms. The highest BCUT2D eigenvalue weighted by Gasteiger charge is 2.27. The van der Waals surface area contributed by atoms with Crippen molar-refractivity contribution in [2.45, 2.75) is 19.9 Å². The molecule has 5 rings (SSSR count). The Kier molecular flexibility index (Phi) is 3.83. The molecule has 4 aromatic rings. The van der Waals surface area contributed by atoms with Crippen molar-refractivity contribution < 1.29 is 4.79 Å². The molecule has 0 fully saturated rings. The summed E-state index contributed by atoms with van der Waals surface area (Å²) in [4.78, 5) is 19.6. The molecule has 0 radical (unpaired) electrons. The summed E-state index contributed by atoms with van der Waals surface area (Å²) in [5.74, 6) is -0.0124. The lowest BCUT2D eigenvalue weighted by molar-refractivity contribution is 0.0985. The molecule has 0 unspecified atom stereocenters. The summed E-state index contributed by atoms with van der Waals surface area (Å²) >= 11 is 1.54. The standard InChI is InChI=1S/C22H19N3OS/c1-2-24-19-10-6-4-8-16(19)13-20(24)21-23-17(14-27-21)22(26)25-12-11-15-7-3-5-9-18(15)25/h3-10,13-14H,2,11-12H2,1H3. The molecule has 0 spiro atoms. The van der Waals surface area contributed by atoms with E-state index >= 15 is 0 Å². The van der Waals surface area contributed by atoms with Crippen molar-refractivity contribution in [3.8, 4) is 10.7 Å². The summed E-state index contributed by atoms with van der Waals surface area (Å²) in [6.07, 6.45) is 0.906. The molecule has 0 aliphatic carbocycles. The van der Waals surface area contributed by atoms with Crippen molar-refractivity contribution in [1.29, 1.82) is 0 Å². The van der Waals surface area contributed by atoms with E-state index in [-0.39, 0.29) is 5.91 Å². The minimum absolute atomic E-state index is 0.0124. The zero-order valence-electron chi connectivity index (χ0n) is 15.1. The summed E-state index contributed by atoms with van der Waals surface area (Å²) in [6, 6.07) is 18.6. The minimum atomic E-state index is -0.0124. The fourth-order valence-corrected chi connectivity index (χ4v) is 4.72. The summed E-state index contributed by atoms with van der Waals surface area (Å²) in [7, 11) is 0. The molecule has 0 N–H and O–H groups in total. The summed E-state index contributed by atoms with van der Waals surface area (Å²) in [5.41, 5.74) is 5.04. The number of nitrogens with zero attached hydrogens (tertiary/aromatic N) is 3. The number of rotatable bonds is 3. The van der Waals surface area contributed by atoms with E-state index in [0.717, 1.165) is 35.9 Å². The predicted octanol–water partition coefficient (Wildman–Crippen LogP) is 4.99. The van der Waals surface area contributed by atoms with E-state index in [2.05, 4.69) is 41.8 Å². The second kappa shape index (κ2) is 6.35. The van der Waals surface area contributed by atoms with Crippen LogP contribution in [0.4, 0.5) is 5.69 Å². The van der Waals surface area contributed by atoms with Gasteiger partial charge in [-0.15, -0.1) is 11.3 Å². The summed E-state index contributed by atoms with van der Waals surface area (Å²) in [5, 5.41) is 3.98. The number of thiazole rings is 1. The molecule has 0 bridgehead atoms. The van der Waals surface area contributed by atoms with E-state index < -0.39 is 0 Å². The van der Waals surface area contributed by atoms with Crippen LogP contribution < -0.4 is 4.90 Å². The maximum absolute atomic E-state index is 13.0. The molecule has 1 aliphatic heterocycles. The van der Waals surface area contributed by atoms with Crippen molar-refractivity contribution in [3.05, 3.63) is 71.2 Å². The Hall–Kier alpha value is -2.92. The lowest BCUT2D eigenvalue weighted by Crippen LogP contribution is -2.29. The van der Waals surface area contributed by atoms with Gasteiger partial charge in [0.25, 0.3) is 5.91 Å². The Labute approximate surface area is 161 Å². The monoisotopic (exact) mass is 373 g/mol. The second-order valence-corrected chi connectivity index (χ2v) is 7.56. The molecule has 0 atom stereocenters. The van der Waals surface area contributed by atoms with Crippen LogP contribution in [0.3, 0.4) is 0 Å². The van der Waals surface area contributed by atoms with E-state index in [1.807, 2.05) is 34.5 Å². The van der Waals surface area contributed by atoms with Gasteiger partial charge in [-0.25, -0.2) is 4.98 Å². The molecule has 2 aromatic heterocycles. The van der Waals surface area contributed by atoms with Crippen LogP contribution >= 0.6 is 11.3 Å². The zero-order chi connectivity index (χ0) is 18.4. The van der Waals surface area contributed by atoms with Gasteiger partial charge in [-0.1, -0.05) is 36.4 Å². The Balaban J connectivity index is 1.52. The predicted molar refractivity (Wildman–Crippen MR) is 111 cm³/mol. The van der Waals surface area contributed by atoms with Gasteiger partial charge in [0.05, 0.1) is 5.69 Å². The number of anilines is 1. The van der Waals surface area contributed by atoms with E-state index in [0.29, 0.717) is 5.69 Å². The number of aromatic nitrogens is 2. The molecule has 5 heteroatoms. The summed E-state index contributed by atoms with van der Waals surface area (Å²) < 4.78 is 2.26. The average molecular weight is 373 g/mol.